The van der Waals surface area contributed by atoms with E-state index in [1.54, 1.807) is 22.9 Å². The number of halogens is 1. The van der Waals surface area contributed by atoms with Crippen molar-refractivity contribution in [3.63, 3.8) is 0 Å². The lowest BCUT2D eigenvalue weighted by atomic mass is 10.2. The first-order valence-corrected chi connectivity index (χ1v) is 10.3. The maximum absolute atomic E-state index is 13.4. The van der Waals surface area contributed by atoms with Gasteiger partial charge in [-0.2, -0.15) is 5.10 Å². The Labute approximate surface area is 175 Å². The molecule has 7 nitrogen and oxygen atoms in total. The predicted octanol–water partition coefficient (Wildman–Crippen LogP) is 1.05. The van der Waals surface area contributed by atoms with E-state index < -0.39 is 0 Å². The Morgan fingerprint density at radius 2 is 2.00 bits per heavy atom. The molecular weight excluding hydrogens is 385 g/mol. The van der Waals surface area contributed by atoms with Gasteiger partial charge in [0.05, 0.1) is 31.1 Å². The zero-order valence-electron chi connectivity index (χ0n) is 17.1. The summed E-state index contributed by atoms with van der Waals surface area (Å²) in [5.41, 5.74) is 2.66. The molecule has 1 fully saturated rings. The van der Waals surface area contributed by atoms with Gasteiger partial charge in [-0.05, 0) is 42.5 Å². The number of nitrogens with one attached hydrogen (secondary N) is 2. The summed E-state index contributed by atoms with van der Waals surface area (Å²) in [5.74, 6) is -0.519. The molecule has 0 radical (unpaired) electrons. The number of carbonyl (C=O) groups excluding carboxylic acids is 1. The van der Waals surface area contributed by atoms with E-state index in [-0.39, 0.29) is 11.7 Å². The first-order chi connectivity index (χ1) is 14.6. The SMILES string of the molecule is Cn1cccc1-c1cc(C(=O)NCCC[NH+]2CCOCC2)n(-c2ccc(F)cc2)n1. The zero-order valence-corrected chi connectivity index (χ0v) is 17.1. The minimum absolute atomic E-state index is 0.190. The highest BCUT2D eigenvalue weighted by molar-refractivity contribution is 5.94. The fourth-order valence-corrected chi connectivity index (χ4v) is 3.72. The highest BCUT2D eigenvalue weighted by atomic mass is 19.1. The van der Waals surface area contributed by atoms with Gasteiger partial charge in [0, 0.05) is 26.2 Å². The minimum atomic E-state index is -0.329. The van der Waals surface area contributed by atoms with Crippen LogP contribution in [0.3, 0.4) is 0 Å². The van der Waals surface area contributed by atoms with E-state index in [0.717, 1.165) is 45.0 Å². The van der Waals surface area contributed by atoms with Crippen LogP contribution >= 0.6 is 0 Å². The molecule has 1 amide bonds. The van der Waals surface area contributed by atoms with E-state index in [2.05, 4.69) is 10.4 Å². The van der Waals surface area contributed by atoms with Gasteiger partial charge in [-0.25, -0.2) is 9.07 Å². The molecule has 0 bridgehead atoms. The molecule has 4 rings (SSSR count). The van der Waals surface area contributed by atoms with Crippen LogP contribution in [-0.2, 0) is 11.8 Å². The number of nitrogens with zero attached hydrogens (tertiary/aromatic N) is 3. The summed E-state index contributed by atoms with van der Waals surface area (Å²) >= 11 is 0. The van der Waals surface area contributed by atoms with Gasteiger partial charge in [0.25, 0.3) is 5.91 Å². The van der Waals surface area contributed by atoms with E-state index in [0.29, 0.717) is 23.6 Å². The van der Waals surface area contributed by atoms with Crippen molar-refractivity contribution in [3.8, 4) is 17.1 Å². The van der Waals surface area contributed by atoms with Gasteiger partial charge in [-0.3, -0.25) is 4.79 Å². The molecular formula is C22H27FN5O2+. The van der Waals surface area contributed by atoms with Crippen LogP contribution in [0.5, 0.6) is 0 Å². The molecule has 0 aliphatic carbocycles. The van der Waals surface area contributed by atoms with Gasteiger partial charge in [0.1, 0.15) is 30.3 Å². The Hall–Kier alpha value is -2.97. The molecule has 0 saturated carbocycles. The lowest BCUT2D eigenvalue weighted by Gasteiger charge is -2.23. The van der Waals surface area contributed by atoms with Gasteiger partial charge in [-0.15, -0.1) is 0 Å². The van der Waals surface area contributed by atoms with Crippen molar-refractivity contribution in [2.75, 3.05) is 39.4 Å². The number of carbonyl (C=O) groups is 1. The Balaban J connectivity index is 1.50. The number of hydrogen-bond acceptors (Lipinski definition) is 3. The average Bonchev–Trinajstić information content (AvgIpc) is 3.39. The number of quaternary nitrogens is 1. The van der Waals surface area contributed by atoms with E-state index in [1.807, 2.05) is 29.9 Å². The predicted molar refractivity (Wildman–Crippen MR) is 111 cm³/mol. The quantitative estimate of drug-likeness (QED) is 0.571. The summed E-state index contributed by atoms with van der Waals surface area (Å²) in [6.45, 7) is 5.25. The molecule has 0 atom stereocenters. The number of aromatic nitrogens is 3. The third kappa shape index (κ3) is 4.60. The van der Waals surface area contributed by atoms with E-state index in [1.165, 1.54) is 17.0 Å². The molecule has 30 heavy (non-hydrogen) atoms. The van der Waals surface area contributed by atoms with Gasteiger partial charge < -0.3 is 19.5 Å². The number of benzene rings is 1. The van der Waals surface area contributed by atoms with Gasteiger partial charge >= 0.3 is 0 Å². The Morgan fingerprint density at radius 3 is 2.70 bits per heavy atom. The maximum atomic E-state index is 13.4. The van der Waals surface area contributed by atoms with E-state index in [9.17, 15) is 9.18 Å². The lowest BCUT2D eigenvalue weighted by molar-refractivity contribution is -0.908. The Morgan fingerprint density at radius 1 is 1.23 bits per heavy atom. The number of hydrogen-bond donors (Lipinski definition) is 2. The molecule has 1 aliphatic heterocycles. The van der Waals surface area contributed by atoms with Crippen LogP contribution in [0.25, 0.3) is 17.1 Å². The van der Waals surface area contributed by atoms with Crippen molar-refractivity contribution in [3.05, 3.63) is 60.2 Å². The highest BCUT2D eigenvalue weighted by Crippen LogP contribution is 2.22. The maximum Gasteiger partial charge on any atom is 0.270 e. The molecule has 1 aromatic carbocycles. The molecule has 2 N–H and O–H groups in total. The number of rotatable bonds is 7. The topological polar surface area (TPSA) is 65.5 Å². The van der Waals surface area contributed by atoms with Crippen molar-refractivity contribution in [1.82, 2.24) is 19.7 Å². The summed E-state index contributed by atoms with van der Waals surface area (Å²) < 4.78 is 22.3. The normalized spacial score (nSPS) is 14.7. The molecule has 8 heteroatoms. The van der Waals surface area contributed by atoms with Crippen molar-refractivity contribution >= 4 is 5.91 Å². The Bertz CT molecular complexity index is 989. The summed E-state index contributed by atoms with van der Waals surface area (Å²) in [6.07, 6.45) is 2.83. The van der Waals surface area contributed by atoms with Gasteiger partial charge in [-0.1, -0.05) is 0 Å². The van der Waals surface area contributed by atoms with Gasteiger partial charge in [0.15, 0.2) is 0 Å². The molecule has 3 aromatic rings. The summed E-state index contributed by atoms with van der Waals surface area (Å²) in [6, 6.07) is 11.6. The summed E-state index contributed by atoms with van der Waals surface area (Å²) in [7, 11) is 1.93. The van der Waals surface area contributed by atoms with Gasteiger partial charge in [0.2, 0.25) is 0 Å². The van der Waals surface area contributed by atoms with Crippen LogP contribution in [0.2, 0.25) is 0 Å². The molecule has 1 saturated heterocycles. The standard InChI is InChI=1S/C22H26FN5O2/c1-26-10-2-4-20(26)19-16-21(28(25-19)18-7-5-17(23)6-8-18)22(29)24-9-3-11-27-12-14-30-15-13-27/h2,4-8,10,16H,3,9,11-15H2,1H3,(H,24,29)/p+1. The van der Waals surface area contributed by atoms with Crippen LogP contribution in [0, 0.1) is 5.82 Å². The third-order valence-electron chi connectivity index (χ3n) is 5.41. The van der Waals surface area contributed by atoms with Crippen LogP contribution in [-0.4, -0.2) is 59.6 Å². The second-order valence-electron chi connectivity index (χ2n) is 7.53. The monoisotopic (exact) mass is 412 g/mol. The number of amides is 1. The van der Waals surface area contributed by atoms with Crippen LogP contribution in [0.1, 0.15) is 16.9 Å². The number of aryl methyl sites for hydroxylation is 1. The molecule has 0 unspecified atom stereocenters. The first-order valence-electron chi connectivity index (χ1n) is 10.3. The third-order valence-corrected chi connectivity index (χ3v) is 5.41. The summed E-state index contributed by atoms with van der Waals surface area (Å²) in [5, 5.41) is 7.64. The fraction of sp³-hybridized carbons (Fsp3) is 0.364. The molecule has 158 valence electrons. The van der Waals surface area contributed by atoms with Crippen LogP contribution in [0.15, 0.2) is 48.7 Å². The summed E-state index contributed by atoms with van der Waals surface area (Å²) in [4.78, 5) is 14.5. The fourth-order valence-electron chi connectivity index (χ4n) is 3.72. The first kappa shape index (κ1) is 20.3. The smallest absolute Gasteiger partial charge is 0.270 e. The molecule has 0 spiro atoms. The number of ether oxygens (including phenoxy) is 1. The van der Waals surface area contributed by atoms with Crippen molar-refractivity contribution in [2.45, 2.75) is 6.42 Å². The lowest BCUT2D eigenvalue weighted by Crippen LogP contribution is -3.14. The van der Waals surface area contributed by atoms with Crippen LogP contribution < -0.4 is 10.2 Å². The van der Waals surface area contributed by atoms with E-state index >= 15 is 0 Å². The zero-order chi connectivity index (χ0) is 20.9. The Kier molecular flexibility index (Phi) is 6.25. The largest absolute Gasteiger partial charge is 0.370 e. The van der Waals surface area contributed by atoms with Crippen molar-refractivity contribution in [2.24, 2.45) is 7.05 Å². The average molecular weight is 412 g/mol. The highest BCUT2D eigenvalue weighted by Gasteiger charge is 2.19. The molecule has 3 heterocycles. The van der Waals surface area contributed by atoms with Crippen molar-refractivity contribution < 1.29 is 18.8 Å². The second-order valence-corrected chi connectivity index (χ2v) is 7.53. The minimum Gasteiger partial charge on any atom is -0.370 e. The van der Waals surface area contributed by atoms with Crippen molar-refractivity contribution in [1.29, 1.82) is 0 Å². The van der Waals surface area contributed by atoms with Crippen LogP contribution in [0.4, 0.5) is 4.39 Å². The van der Waals surface area contributed by atoms with E-state index in [4.69, 9.17) is 4.74 Å². The second kappa shape index (κ2) is 9.23. The molecule has 1 aliphatic rings. The number of morpholine rings is 1. The molecule has 2 aromatic heterocycles.